The van der Waals surface area contributed by atoms with Crippen LogP contribution in [0.4, 0.5) is 0 Å². The van der Waals surface area contributed by atoms with Gasteiger partial charge in [0.25, 0.3) is 0 Å². The van der Waals surface area contributed by atoms with Crippen molar-refractivity contribution in [1.29, 1.82) is 0 Å². The van der Waals surface area contributed by atoms with Crippen LogP contribution < -0.4 is 5.32 Å². The van der Waals surface area contributed by atoms with Gasteiger partial charge in [-0.05, 0) is 40.5 Å². The quantitative estimate of drug-likeness (QED) is 0.908. The van der Waals surface area contributed by atoms with E-state index in [1.807, 2.05) is 18.7 Å². The van der Waals surface area contributed by atoms with E-state index in [0.717, 1.165) is 42.9 Å². The Morgan fingerprint density at radius 3 is 2.41 bits per heavy atom. The van der Waals surface area contributed by atoms with Gasteiger partial charge in [0, 0.05) is 37.2 Å². The number of amides is 1. The molecule has 1 amide bonds. The summed E-state index contributed by atoms with van der Waals surface area (Å²) in [5.74, 6) is 1.12. The number of rotatable bonds is 5. The Morgan fingerprint density at radius 1 is 1.23 bits per heavy atom. The molecule has 0 radical (unpaired) electrons. The molecular formula is C17H29N3O2. The molecule has 1 aliphatic heterocycles. The molecule has 0 aromatic carbocycles. The third-order valence-electron chi connectivity index (χ3n) is 4.50. The minimum atomic E-state index is 0.137. The maximum Gasteiger partial charge on any atom is 0.224 e. The molecule has 0 saturated carbocycles. The normalized spacial score (nSPS) is 18.8. The summed E-state index contributed by atoms with van der Waals surface area (Å²) >= 11 is 0. The SMILES string of the molecule is Cc1noc(C)c1C(C)NC(C)CC(=O)N1CCCCCC1. The second kappa shape index (κ2) is 7.77. The lowest BCUT2D eigenvalue weighted by molar-refractivity contribution is -0.131. The summed E-state index contributed by atoms with van der Waals surface area (Å²) in [4.78, 5) is 14.5. The van der Waals surface area contributed by atoms with E-state index in [1.54, 1.807) is 0 Å². The van der Waals surface area contributed by atoms with E-state index in [4.69, 9.17) is 4.52 Å². The first-order valence-corrected chi connectivity index (χ1v) is 8.45. The molecule has 1 N–H and O–H groups in total. The Bertz CT molecular complexity index is 471. The summed E-state index contributed by atoms with van der Waals surface area (Å²) in [6.45, 7) is 9.90. The summed E-state index contributed by atoms with van der Waals surface area (Å²) in [6.07, 6.45) is 5.33. The predicted octanol–water partition coefficient (Wildman–Crippen LogP) is 3.12. The van der Waals surface area contributed by atoms with Gasteiger partial charge in [0.2, 0.25) is 5.91 Å². The molecule has 5 heteroatoms. The molecule has 2 atom stereocenters. The van der Waals surface area contributed by atoms with E-state index in [-0.39, 0.29) is 18.0 Å². The van der Waals surface area contributed by atoms with Gasteiger partial charge < -0.3 is 14.7 Å². The van der Waals surface area contributed by atoms with Crippen LogP contribution in [-0.4, -0.2) is 35.1 Å². The molecule has 2 rings (SSSR count). The summed E-state index contributed by atoms with van der Waals surface area (Å²) in [6, 6.07) is 0.276. The number of carbonyl (C=O) groups excluding carboxylic acids is 1. The molecule has 0 spiro atoms. The van der Waals surface area contributed by atoms with Crippen LogP contribution in [0, 0.1) is 13.8 Å². The van der Waals surface area contributed by atoms with Crippen LogP contribution in [0.3, 0.4) is 0 Å². The van der Waals surface area contributed by atoms with Gasteiger partial charge in [0.05, 0.1) is 5.69 Å². The number of aromatic nitrogens is 1. The molecule has 2 unspecified atom stereocenters. The zero-order valence-electron chi connectivity index (χ0n) is 14.3. The van der Waals surface area contributed by atoms with Crippen LogP contribution in [0.15, 0.2) is 4.52 Å². The molecular weight excluding hydrogens is 278 g/mol. The van der Waals surface area contributed by atoms with E-state index in [1.165, 1.54) is 12.8 Å². The fourth-order valence-corrected chi connectivity index (χ4v) is 3.39. The fourth-order valence-electron chi connectivity index (χ4n) is 3.39. The average Bonchev–Trinajstić information content (AvgIpc) is 2.68. The zero-order valence-corrected chi connectivity index (χ0v) is 14.3. The Hall–Kier alpha value is -1.36. The third-order valence-corrected chi connectivity index (χ3v) is 4.50. The fraction of sp³-hybridized carbons (Fsp3) is 0.765. The molecule has 0 bridgehead atoms. The van der Waals surface area contributed by atoms with Crippen LogP contribution in [-0.2, 0) is 4.79 Å². The van der Waals surface area contributed by atoms with Gasteiger partial charge in [-0.2, -0.15) is 0 Å². The van der Waals surface area contributed by atoms with Crippen molar-refractivity contribution in [2.75, 3.05) is 13.1 Å². The number of likely N-dealkylation sites (tertiary alicyclic amines) is 1. The van der Waals surface area contributed by atoms with Gasteiger partial charge >= 0.3 is 0 Å². The van der Waals surface area contributed by atoms with Crippen molar-refractivity contribution in [3.8, 4) is 0 Å². The number of aryl methyl sites for hydroxylation is 2. The molecule has 1 aromatic heterocycles. The standard InChI is InChI=1S/C17H29N3O2/c1-12(11-16(21)20-9-7-5-6-8-10-20)18-13(2)17-14(3)19-22-15(17)4/h12-13,18H,5-11H2,1-4H3. The molecule has 1 fully saturated rings. The maximum absolute atomic E-state index is 12.4. The predicted molar refractivity (Wildman–Crippen MR) is 86.7 cm³/mol. The van der Waals surface area contributed by atoms with E-state index in [0.29, 0.717) is 6.42 Å². The van der Waals surface area contributed by atoms with Crippen molar-refractivity contribution >= 4 is 5.91 Å². The van der Waals surface area contributed by atoms with Crippen LogP contribution >= 0.6 is 0 Å². The molecule has 2 heterocycles. The monoisotopic (exact) mass is 307 g/mol. The van der Waals surface area contributed by atoms with Gasteiger partial charge in [-0.15, -0.1) is 0 Å². The van der Waals surface area contributed by atoms with E-state index < -0.39 is 0 Å². The van der Waals surface area contributed by atoms with Crippen molar-refractivity contribution in [3.63, 3.8) is 0 Å². The van der Waals surface area contributed by atoms with Crippen molar-refractivity contribution < 1.29 is 9.32 Å². The first-order chi connectivity index (χ1) is 10.5. The minimum Gasteiger partial charge on any atom is -0.361 e. The molecule has 1 saturated heterocycles. The number of hydrogen-bond donors (Lipinski definition) is 1. The highest BCUT2D eigenvalue weighted by Crippen LogP contribution is 2.21. The van der Waals surface area contributed by atoms with Gasteiger partial charge in [-0.3, -0.25) is 4.79 Å². The molecule has 1 aromatic rings. The largest absolute Gasteiger partial charge is 0.361 e. The van der Waals surface area contributed by atoms with Gasteiger partial charge in [0.1, 0.15) is 5.76 Å². The summed E-state index contributed by atoms with van der Waals surface area (Å²) in [5, 5.41) is 7.50. The van der Waals surface area contributed by atoms with Crippen LogP contribution in [0.25, 0.3) is 0 Å². The molecule has 22 heavy (non-hydrogen) atoms. The lowest BCUT2D eigenvalue weighted by Gasteiger charge is -2.24. The topological polar surface area (TPSA) is 58.4 Å². The lowest BCUT2D eigenvalue weighted by Crippen LogP contribution is -2.38. The average molecular weight is 307 g/mol. The van der Waals surface area contributed by atoms with Crippen molar-refractivity contribution in [3.05, 3.63) is 17.0 Å². The summed E-state index contributed by atoms with van der Waals surface area (Å²) in [5.41, 5.74) is 2.03. The number of hydrogen-bond acceptors (Lipinski definition) is 4. The van der Waals surface area contributed by atoms with E-state index in [9.17, 15) is 4.79 Å². The van der Waals surface area contributed by atoms with Crippen molar-refractivity contribution in [2.24, 2.45) is 0 Å². The maximum atomic E-state index is 12.4. The van der Waals surface area contributed by atoms with Crippen LogP contribution in [0.5, 0.6) is 0 Å². The van der Waals surface area contributed by atoms with E-state index in [2.05, 4.69) is 24.3 Å². The molecule has 0 aliphatic carbocycles. The van der Waals surface area contributed by atoms with Crippen molar-refractivity contribution in [2.45, 2.75) is 71.9 Å². The van der Waals surface area contributed by atoms with Gasteiger partial charge in [-0.1, -0.05) is 18.0 Å². The molecule has 1 aliphatic rings. The second-order valence-corrected chi connectivity index (χ2v) is 6.53. The van der Waals surface area contributed by atoms with Crippen LogP contribution in [0.1, 0.15) is 69.0 Å². The number of carbonyl (C=O) groups is 1. The van der Waals surface area contributed by atoms with Gasteiger partial charge in [0.15, 0.2) is 0 Å². The summed E-state index contributed by atoms with van der Waals surface area (Å²) in [7, 11) is 0. The first kappa shape index (κ1) is 17.0. The number of nitrogens with zero attached hydrogens (tertiary/aromatic N) is 2. The molecule has 5 nitrogen and oxygen atoms in total. The minimum absolute atomic E-state index is 0.137. The first-order valence-electron chi connectivity index (χ1n) is 8.45. The van der Waals surface area contributed by atoms with Gasteiger partial charge in [-0.25, -0.2) is 0 Å². The Labute approximate surface area is 133 Å². The van der Waals surface area contributed by atoms with Crippen molar-refractivity contribution in [1.82, 2.24) is 15.4 Å². The smallest absolute Gasteiger partial charge is 0.224 e. The third kappa shape index (κ3) is 4.32. The zero-order chi connectivity index (χ0) is 16.1. The highest BCUT2D eigenvalue weighted by atomic mass is 16.5. The van der Waals surface area contributed by atoms with Crippen LogP contribution in [0.2, 0.25) is 0 Å². The highest BCUT2D eigenvalue weighted by molar-refractivity contribution is 5.76. The lowest BCUT2D eigenvalue weighted by atomic mass is 10.1. The Kier molecular flexibility index (Phi) is 6.00. The van der Waals surface area contributed by atoms with E-state index >= 15 is 0 Å². The molecule has 124 valence electrons. The number of nitrogens with one attached hydrogen (secondary N) is 1. The Morgan fingerprint density at radius 2 is 1.86 bits per heavy atom. The summed E-state index contributed by atoms with van der Waals surface area (Å²) < 4.78 is 5.22. The Balaban J connectivity index is 1.86. The highest BCUT2D eigenvalue weighted by Gasteiger charge is 2.21. The second-order valence-electron chi connectivity index (χ2n) is 6.53.